The van der Waals surface area contributed by atoms with E-state index >= 15 is 8.78 Å². The van der Waals surface area contributed by atoms with Gasteiger partial charge in [-0.2, -0.15) is 5.26 Å². The highest BCUT2D eigenvalue weighted by atomic mass is 127. The Morgan fingerprint density at radius 1 is 1.36 bits per heavy atom. The summed E-state index contributed by atoms with van der Waals surface area (Å²) in [7, 11) is 0. The number of nitrogens with one attached hydrogen (secondary N) is 3. The Morgan fingerprint density at radius 3 is 2.77 bits per heavy atom. The molecule has 3 N–H and O–H groups in total. The largest absolute Gasteiger partial charge is 0.374 e. The molecule has 5 rings (SSSR count). The maximum Gasteiger partial charge on any atom is 0.278 e. The number of alkyl halides is 3. The van der Waals surface area contributed by atoms with Gasteiger partial charge in [-0.25, -0.2) is 8.78 Å². The van der Waals surface area contributed by atoms with Crippen molar-refractivity contribution in [3.8, 4) is 6.07 Å². The number of nitrogens with zero attached hydrogens (tertiary/aromatic N) is 2. The van der Waals surface area contributed by atoms with Crippen LogP contribution in [-0.2, 0) is 14.4 Å². The third-order valence-corrected chi connectivity index (χ3v) is 11.1. The zero-order chi connectivity index (χ0) is 28.3. The van der Waals surface area contributed by atoms with Crippen molar-refractivity contribution in [2.24, 2.45) is 11.8 Å². The molecular weight excluding hydrogens is 643 g/mol. The molecule has 0 aliphatic carbocycles. The number of halogens is 4. The molecule has 3 amide bonds. The molecule has 12 heteroatoms. The average molecular weight is 676 g/mol. The van der Waals surface area contributed by atoms with Crippen molar-refractivity contribution in [2.75, 3.05) is 16.3 Å². The summed E-state index contributed by atoms with van der Waals surface area (Å²) in [5.41, 5.74) is 0.616. The molecule has 2 saturated heterocycles. The molecule has 0 saturated carbocycles. The van der Waals surface area contributed by atoms with Crippen LogP contribution in [-0.4, -0.2) is 67.2 Å². The second-order valence-corrected chi connectivity index (χ2v) is 14.0. The fourth-order valence-corrected chi connectivity index (χ4v) is 9.12. The summed E-state index contributed by atoms with van der Waals surface area (Å²) in [6, 6.07) is 4.91. The van der Waals surface area contributed by atoms with Crippen molar-refractivity contribution in [2.45, 2.75) is 76.0 Å². The van der Waals surface area contributed by atoms with E-state index < -0.39 is 75.0 Å². The predicted molar refractivity (Wildman–Crippen MR) is 154 cm³/mol. The number of benzene rings is 1. The van der Waals surface area contributed by atoms with E-state index in [1.54, 1.807) is 24.3 Å². The number of rotatable bonds is 9. The molecule has 2 bridgehead atoms. The number of amides is 3. The number of piperidine rings is 2. The van der Waals surface area contributed by atoms with Crippen LogP contribution < -0.4 is 16.0 Å². The van der Waals surface area contributed by atoms with Crippen LogP contribution in [0.2, 0.25) is 5.02 Å². The Kier molecular flexibility index (Phi) is 9.47. The Morgan fingerprint density at radius 2 is 2.13 bits per heavy atom. The highest BCUT2D eigenvalue weighted by Crippen LogP contribution is 2.43. The summed E-state index contributed by atoms with van der Waals surface area (Å²) in [5, 5.41) is 18.8. The predicted octanol–water partition coefficient (Wildman–Crippen LogP) is 3.85. The normalized spacial score (nSPS) is 25.5. The van der Waals surface area contributed by atoms with Gasteiger partial charge in [-0.3, -0.25) is 14.4 Å². The van der Waals surface area contributed by atoms with Gasteiger partial charge in [0.05, 0.1) is 9.58 Å². The molecule has 4 heterocycles. The van der Waals surface area contributed by atoms with Crippen LogP contribution >= 0.6 is 32.3 Å². The van der Waals surface area contributed by atoms with E-state index in [1.165, 1.54) is 4.90 Å². The van der Waals surface area contributed by atoms with Crippen molar-refractivity contribution < 1.29 is 23.2 Å². The first-order chi connectivity index (χ1) is 18.5. The average Bonchev–Trinajstić information content (AvgIpc) is 2.87. The Bertz CT molecular complexity index is 1190. The van der Waals surface area contributed by atoms with E-state index in [0.717, 1.165) is 6.42 Å². The topological polar surface area (TPSA) is 114 Å². The molecule has 1 aromatic rings. The number of carbonyl (C=O) groups is 3. The third-order valence-electron chi connectivity index (χ3n) is 7.22. The fourth-order valence-electron chi connectivity index (χ4n) is 5.44. The molecule has 212 valence electrons. The first-order valence-electron chi connectivity index (χ1n) is 13.2. The monoisotopic (exact) mass is 675 g/mol. The Hall–Kier alpha value is -2.33. The molecule has 2 fully saturated rings. The maximum atomic E-state index is 15.1. The molecule has 0 spiro atoms. The minimum Gasteiger partial charge on any atom is -0.374 e. The summed E-state index contributed by atoms with van der Waals surface area (Å²) >= 11 is 4.99. The van der Waals surface area contributed by atoms with Crippen LogP contribution in [0, 0.1) is 23.2 Å². The molecular formula is C27H33ClF2IN5O3. The van der Waals surface area contributed by atoms with Crippen LogP contribution in [0.3, 0.4) is 0 Å². The van der Waals surface area contributed by atoms with E-state index in [-0.39, 0.29) is 21.8 Å². The fraction of sp³-hybridized carbons (Fsp3) is 0.593. The third kappa shape index (κ3) is 6.88. The van der Waals surface area contributed by atoms with Gasteiger partial charge in [0.1, 0.15) is 18.1 Å². The van der Waals surface area contributed by atoms with Crippen LogP contribution in [0.5, 0.6) is 0 Å². The number of anilines is 1. The second kappa shape index (κ2) is 12.5. The molecule has 0 aromatic heterocycles. The van der Waals surface area contributed by atoms with E-state index in [0.29, 0.717) is 34.5 Å². The van der Waals surface area contributed by atoms with Gasteiger partial charge in [0.15, 0.2) is 0 Å². The molecule has 4 aliphatic heterocycles. The van der Waals surface area contributed by atoms with Gasteiger partial charge < -0.3 is 20.9 Å². The van der Waals surface area contributed by atoms with Gasteiger partial charge >= 0.3 is 0 Å². The lowest BCUT2D eigenvalue weighted by Gasteiger charge is -2.49. The highest BCUT2D eigenvalue weighted by Gasteiger charge is 2.57. The molecule has 8 nitrogen and oxygen atoms in total. The minimum atomic E-state index is -3.14. The van der Waals surface area contributed by atoms with Gasteiger partial charge in [0, 0.05) is 40.1 Å². The van der Waals surface area contributed by atoms with Gasteiger partial charge in [-0.15, -0.1) is 20.7 Å². The number of hydrogen-bond donors (Lipinski definition) is 3. The van der Waals surface area contributed by atoms with E-state index in [1.807, 2.05) is 19.9 Å². The van der Waals surface area contributed by atoms with Gasteiger partial charge in [0.2, 0.25) is 17.7 Å². The van der Waals surface area contributed by atoms with Crippen LogP contribution in [0.1, 0.15) is 46.0 Å². The summed E-state index contributed by atoms with van der Waals surface area (Å²) in [4.78, 5) is 41.2. The summed E-state index contributed by atoms with van der Waals surface area (Å²) in [5.74, 6) is -4.87. The first kappa shape index (κ1) is 29.6. The number of hydrogen-bond acceptors (Lipinski definition) is 5. The zero-order valence-electron chi connectivity index (χ0n) is 21.9. The van der Waals surface area contributed by atoms with Crippen molar-refractivity contribution in [3.63, 3.8) is 0 Å². The lowest BCUT2D eigenvalue weighted by Crippen LogP contribution is -2.70. The quantitative estimate of drug-likeness (QED) is 0.272. The standard InChI is InChI=1S/C27H33ClF2IN5O3/c1-15(2)9-21(34-18-7-3-6-17(28)11-18)26(39)36-20-12-27(29,30)23(31-13-20)22(36)25(38)35-19(14-32)10-16-5-4-8-33-24(16)37/h3,6-7,11,15-16,19-22,34H,4-5,8-10,12-13H2,1-2H3,(H,33,37)(H,35,38)/t16-,19-,20+,21+,22-/m0/s1. The Balaban J connectivity index is 1.59. The molecule has 1 aromatic carbocycles. The lowest BCUT2D eigenvalue weighted by atomic mass is 9.89. The maximum absolute atomic E-state index is 15.1. The van der Waals surface area contributed by atoms with Crippen molar-refractivity contribution in [1.82, 2.24) is 15.5 Å². The molecule has 39 heavy (non-hydrogen) atoms. The van der Waals surface area contributed by atoms with Crippen molar-refractivity contribution in [3.05, 3.63) is 29.3 Å². The van der Waals surface area contributed by atoms with Crippen LogP contribution in [0.4, 0.5) is 14.5 Å². The molecule has 0 radical (unpaired) electrons. The molecule has 4 aliphatic rings. The minimum absolute atomic E-state index is 0.0885. The van der Waals surface area contributed by atoms with Gasteiger partial charge in [0.25, 0.3) is 5.92 Å². The molecule has 5 atom stereocenters. The van der Waals surface area contributed by atoms with E-state index in [9.17, 15) is 19.6 Å². The summed E-state index contributed by atoms with van der Waals surface area (Å²) < 4.78 is 30.5. The SMILES string of the molecule is CC(C)C[C@@H](Nc1cccc(Cl)c1)C(=O)N1[C@H]2CI=C([C@H]1C(=O)N[C@H](C#N)C[C@@H]1CCCNC1=O)C(F)(F)C2. The zero-order valence-corrected chi connectivity index (χ0v) is 24.8. The van der Waals surface area contributed by atoms with Crippen LogP contribution in [0.25, 0.3) is 0 Å². The van der Waals surface area contributed by atoms with Crippen molar-refractivity contribution in [1.29, 1.82) is 5.26 Å². The molecule has 0 unspecified atom stereocenters. The van der Waals surface area contributed by atoms with Crippen LogP contribution in [0.15, 0.2) is 24.3 Å². The summed E-state index contributed by atoms with van der Waals surface area (Å²) in [6.07, 6.45) is 1.35. The Labute approximate surface area is 241 Å². The number of fused-ring (bicyclic) bond motifs is 3. The lowest BCUT2D eigenvalue weighted by molar-refractivity contribution is -0.145. The number of nitriles is 1. The van der Waals surface area contributed by atoms with Gasteiger partial charge in [-0.1, -0.05) is 31.5 Å². The van der Waals surface area contributed by atoms with Gasteiger partial charge in [-0.05, 0) is 49.8 Å². The smallest absolute Gasteiger partial charge is 0.278 e. The second-order valence-electron chi connectivity index (χ2n) is 10.7. The van der Waals surface area contributed by atoms with E-state index in [2.05, 4.69) is 16.0 Å². The first-order valence-corrected chi connectivity index (χ1v) is 16.1. The van der Waals surface area contributed by atoms with Crippen molar-refractivity contribution >= 4 is 59.2 Å². The van der Waals surface area contributed by atoms with E-state index in [4.69, 9.17) is 11.6 Å². The number of carbonyl (C=O) groups excluding carboxylic acids is 3. The summed E-state index contributed by atoms with van der Waals surface area (Å²) in [6.45, 7) is 4.48. The highest BCUT2D eigenvalue weighted by molar-refractivity contribution is 14.2.